The lowest BCUT2D eigenvalue weighted by Gasteiger charge is -2.38. The Morgan fingerprint density at radius 3 is 2.86 bits per heavy atom. The van der Waals surface area contributed by atoms with E-state index in [0.29, 0.717) is 0 Å². The molecule has 3 nitrogen and oxygen atoms in total. The van der Waals surface area contributed by atoms with Crippen molar-refractivity contribution in [1.82, 2.24) is 0 Å². The molecule has 1 saturated heterocycles. The standard InChI is InChI=1S/C24H35NO2S2/c1-3-6-19(15-25)23(26)18(2)22(20-9-13-28-16-20)17-29-14-11-24(21-7-8-21)10-4-5-12-27-24/h3,6,9,13,15-18,21,23,26H,4-5,7-8,10-12,14,25H2,1-2H3/b6-3-,19-15+,22-17+. The number of allylic oxidation sites excluding steroid dienone is 1. The number of thiophene rings is 1. The van der Waals surface area contributed by atoms with Crippen LogP contribution in [0.1, 0.15) is 57.9 Å². The number of aliphatic hydroxyl groups excluding tert-OH is 1. The van der Waals surface area contributed by atoms with Crippen LogP contribution in [0.15, 0.2) is 46.2 Å². The lowest BCUT2D eigenvalue weighted by atomic mass is 9.86. The number of ether oxygens (including phenoxy) is 1. The molecule has 3 N–H and O–H groups in total. The largest absolute Gasteiger partial charge is 0.404 e. The third kappa shape index (κ3) is 5.78. The van der Waals surface area contributed by atoms with Crippen LogP contribution in [0, 0.1) is 11.8 Å². The molecule has 0 bridgehead atoms. The van der Waals surface area contributed by atoms with Crippen molar-refractivity contribution in [2.45, 2.75) is 64.1 Å². The highest BCUT2D eigenvalue weighted by Gasteiger charge is 2.46. The zero-order chi connectivity index (χ0) is 20.7. The Kier molecular flexibility index (Phi) is 8.48. The predicted octanol–water partition coefficient (Wildman–Crippen LogP) is 5.98. The molecule has 160 valence electrons. The summed E-state index contributed by atoms with van der Waals surface area (Å²) in [6.07, 6.45) is 12.2. The van der Waals surface area contributed by atoms with Crippen molar-refractivity contribution in [1.29, 1.82) is 0 Å². The summed E-state index contributed by atoms with van der Waals surface area (Å²) in [5.41, 5.74) is 9.02. The highest BCUT2D eigenvalue weighted by molar-refractivity contribution is 8.02. The fourth-order valence-corrected chi connectivity index (χ4v) is 6.13. The van der Waals surface area contributed by atoms with E-state index in [0.717, 1.165) is 30.3 Å². The van der Waals surface area contributed by atoms with Gasteiger partial charge in [0.15, 0.2) is 0 Å². The topological polar surface area (TPSA) is 55.5 Å². The number of thioether (sulfide) groups is 1. The minimum absolute atomic E-state index is 0.0357. The van der Waals surface area contributed by atoms with Gasteiger partial charge < -0.3 is 15.6 Å². The molecule has 3 atom stereocenters. The van der Waals surface area contributed by atoms with Crippen molar-refractivity contribution in [2.24, 2.45) is 17.6 Å². The molecule has 5 heteroatoms. The molecular weight excluding hydrogens is 398 g/mol. The molecule has 3 unspecified atom stereocenters. The highest BCUT2D eigenvalue weighted by Crippen LogP contribution is 2.49. The third-order valence-electron chi connectivity index (χ3n) is 6.27. The van der Waals surface area contributed by atoms with Gasteiger partial charge in [0.25, 0.3) is 0 Å². The van der Waals surface area contributed by atoms with Gasteiger partial charge in [0.2, 0.25) is 0 Å². The first-order valence-electron chi connectivity index (χ1n) is 10.8. The molecule has 1 aromatic heterocycles. The zero-order valence-corrected chi connectivity index (χ0v) is 19.3. The molecule has 1 saturated carbocycles. The molecule has 0 aromatic carbocycles. The Labute approximate surface area is 184 Å². The molecule has 0 spiro atoms. The fraction of sp³-hybridized carbons (Fsp3) is 0.583. The lowest BCUT2D eigenvalue weighted by molar-refractivity contribution is -0.0949. The molecule has 3 rings (SSSR count). The molecule has 1 aromatic rings. The quantitative estimate of drug-likeness (QED) is 0.352. The van der Waals surface area contributed by atoms with Gasteiger partial charge in [-0.2, -0.15) is 11.3 Å². The van der Waals surface area contributed by atoms with Crippen LogP contribution in [0.2, 0.25) is 0 Å². The molecule has 2 fully saturated rings. The lowest BCUT2D eigenvalue weighted by Crippen LogP contribution is -2.39. The van der Waals surface area contributed by atoms with Crippen LogP contribution in [-0.4, -0.2) is 29.2 Å². The maximum absolute atomic E-state index is 10.9. The van der Waals surface area contributed by atoms with E-state index in [1.807, 2.05) is 30.8 Å². The van der Waals surface area contributed by atoms with Gasteiger partial charge in [0, 0.05) is 18.3 Å². The number of hydrogen-bond donors (Lipinski definition) is 2. The molecule has 2 aliphatic rings. The van der Waals surface area contributed by atoms with E-state index < -0.39 is 6.10 Å². The average Bonchev–Trinajstić information content (AvgIpc) is 3.48. The van der Waals surface area contributed by atoms with Gasteiger partial charge in [-0.25, -0.2) is 0 Å². The number of nitrogens with two attached hydrogens (primary N) is 1. The van der Waals surface area contributed by atoms with Crippen molar-refractivity contribution in [3.05, 3.63) is 51.7 Å². The summed E-state index contributed by atoms with van der Waals surface area (Å²) in [5, 5.41) is 17.4. The first-order valence-corrected chi connectivity index (χ1v) is 12.8. The molecular formula is C24H35NO2S2. The highest BCUT2D eigenvalue weighted by atomic mass is 32.2. The van der Waals surface area contributed by atoms with Crippen molar-refractivity contribution < 1.29 is 9.84 Å². The van der Waals surface area contributed by atoms with Gasteiger partial charge >= 0.3 is 0 Å². The average molecular weight is 434 g/mol. The summed E-state index contributed by atoms with van der Waals surface area (Å²) >= 11 is 3.55. The van der Waals surface area contributed by atoms with Crippen LogP contribution >= 0.6 is 23.1 Å². The predicted molar refractivity (Wildman–Crippen MR) is 127 cm³/mol. The van der Waals surface area contributed by atoms with Gasteiger partial charge in [-0.3, -0.25) is 0 Å². The Hall–Kier alpha value is -1.01. The van der Waals surface area contributed by atoms with Crippen LogP contribution < -0.4 is 5.73 Å². The van der Waals surface area contributed by atoms with Gasteiger partial charge in [-0.1, -0.05) is 19.1 Å². The van der Waals surface area contributed by atoms with Gasteiger partial charge in [-0.15, -0.1) is 11.8 Å². The third-order valence-corrected chi connectivity index (χ3v) is 7.81. The van der Waals surface area contributed by atoms with Crippen molar-refractivity contribution in [3.63, 3.8) is 0 Å². The molecule has 1 aliphatic heterocycles. The van der Waals surface area contributed by atoms with E-state index in [1.165, 1.54) is 49.4 Å². The minimum atomic E-state index is -0.623. The van der Waals surface area contributed by atoms with Gasteiger partial charge in [0.05, 0.1) is 11.7 Å². The summed E-state index contributed by atoms with van der Waals surface area (Å²) in [7, 11) is 0. The monoisotopic (exact) mass is 433 g/mol. The van der Waals surface area contributed by atoms with Gasteiger partial charge in [0.1, 0.15) is 0 Å². The van der Waals surface area contributed by atoms with Crippen molar-refractivity contribution in [3.8, 4) is 0 Å². The minimum Gasteiger partial charge on any atom is -0.404 e. The summed E-state index contributed by atoms with van der Waals surface area (Å²) in [5.74, 6) is 1.80. The van der Waals surface area contributed by atoms with Crippen LogP contribution in [0.3, 0.4) is 0 Å². The van der Waals surface area contributed by atoms with Gasteiger partial charge in [-0.05, 0) is 96.5 Å². The summed E-state index contributed by atoms with van der Waals surface area (Å²) in [6.45, 7) is 4.95. The molecule has 0 amide bonds. The Morgan fingerprint density at radius 2 is 2.28 bits per heavy atom. The maximum Gasteiger partial charge on any atom is 0.0869 e. The zero-order valence-electron chi connectivity index (χ0n) is 17.7. The van der Waals surface area contributed by atoms with Crippen LogP contribution in [0.5, 0.6) is 0 Å². The van der Waals surface area contributed by atoms with Crippen LogP contribution in [0.4, 0.5) is 0 Å². The number of aliphatic hydroxyl groups is 1. The first-order chi connectivity index (χ1) is 14.1. The second-order valence-corrected chi connectivity index (χ2v) is 10.0. The maximum atomic E-state index is 10.9. The molecule has 2 heterocycles. The van der Waals surface area contributed by atoms with Crippen LogP contribution in [-0.2, 0) is 4.74 Å². The summed E-state index contributed by atoms with van der Waals surface area (Å²) in [6, 6.07) is 2.14. The Morgan fingerprint density at radius 1 is 1.45 bits per heavy atom. The molecule has 29 heavy (non-hydrogen) atoms. The fourth-order valence-electron chi connectivity index (χ4n) is 4.36. The smallest absolute Gasteiger partial charge is 0.0869 e. The van der Waals surface area contributed by atoms with E-state index >= 15 is 0 Å². The van der Waals surface area contributed by atoms with E-state index in [1.54, 1.807) is 11.3 Å². The van der Waals surface area contributed by atoms with E-state index in [4.69, 9.17) is 10.5 Å². The number of hydrogen-bond acceptors (Lipinski definition) is 5. The van der Waals surface area contributed by atoms with Crippen molar-refractivity contribution in [2.75, 3.05) is 12.4 Å². The first kappa shape index (κ1) is 22.7. The molecule has 1 aliphatic carbocycles. The van der Waals surface area contributed by atoms with E-state index in [2.05, 4.69) is 29.2 Å². The second kappa shape index (κ2) is 10.9. The second-order valence-electron chi connectivity index (χ2n) is 8.25. The summed E-state index contributed by atoms with van der Waals surface area (Å²) < 4.78 is 6.33. The Bertz CT molecular complexity index is 713. The Balaban J connectivity index is 1.68. The SMILES string of the molecule is C/C=C\C(=C/N)C(O)C(C)/C(=C\SCCC1(C2CC2)CCCCO1)c1ccsc1. The van der Waals surface area contributed by atoms with Crippen molar-refractivity contribution >= 4 is 28.7 Å². The normalized spacial score (nSPS) is 26.0. The number of rotatable bonds is 10. The van der Waals surface area contributed by atoms with Crippen LogP contribution in [0.25, 0.3) is 5.57 Å². The summed E-state index contributed by atoms with van der Waals surface area (Å²) in [4.78, 5) is 0. The van der Waals surface area contributed by atoms with E-state index in [-0.39, 0.29) is 11.5 Å². The van der Waals surface area contributed by atoms with E-state index in [9.17, 15) is 5.11 Å². The molecule has 0 radical (unpaired) electrons.